The van der Waals surface area contributed by atoms with E-state index in [1.165, 1.54) is 16.7 Å². The van der Waals surface area contributed by atoms with Gasteiger partial charge in [-0.15, -0.1) is 36.6 Å². The minimum absolute atomic E-state index is 0. The van der Waals surface area contributed by atoms with E-state index in [9.17, 15) is 38.3 Å². The van der Waals surface area contributed by atoms with E-state index in [4.69, 9.17) is 35.4 Å². The molecule has 0 saturated carbocycles. The molecule has 3 atom stereocenters. The standard InChI is InChI=1S/C51H75F2N9O11S.2ClH/c1-51(2,3)47(48-59-41(38-30-37(52)12-13-39(38)53)33-60(48)32-36-10-6-4-7-11-36)61(46(67)35-63)20-14-40(55)49(68)58-19-18-57-44(65)34-62-45(66)31-42(50(62)69)74-29-28-73-27-26-72-25-24-71-23-22-70-21-15-43(64)56-17-9-5-8-16-54;;/h4,6-7,10-13,30,33,40,42,47,63H,5,8-9,14-29,31-32,34-35,54-55H2,1-3H3,(H,56,64)(H,57,65)(H,58,68);2*1H. The van der Waals surface area contributed by atoms with Gasteiger partial charge in [0.2, 0.25) is 35.4 Å². The summed E-state index contributed by atoms with van der Waals surface area (Å²) in [6, 6.07) is 10.5. The maximum atomic E-state index is 15.1. The predicted molar refractivity (Wildman–Crippen MR) is 289 cm³/mol. The number of nitrogens with one attached hydrogen (secondary N) is 3. The van der Waals surface area contributed by atoms with Gasteiger partial charge in [-0.2, -0.15) is 0 Å². The van der Waals surface area contributed by atoms with E-state index in [2.05, 4.69) is 16.0 Å². The number of aliphatic hydroxyl groups excluding tert-OH is 1. The lowest BCUT2D eigenvalue weighted by Crippen LogP contribution is -2.48. The van der Waals surface area contributed by atoms with Gasteiger partial charge in [-0.1, -0.05) is 57.5 Å². The number of imide groups is 1. The van der Waals surface area contributed by atoms with E-state index in [1.54, 1.807) is 10.8 Å². The Morgan fingerprint density at radius 3 is 2.13 bits per heavy atom. The molecular formula is C51H77Cl2F2N9O11S. The average Bonchev–Trinajstić information content (AvgIpc) is 3.89. The SMILES string of the molecule is CC(C)(C)C(c1nc(-c2cc(F)ccc2F)cn1Cc1ccccc1)N(CCC(N)C(=O)NCCNC(=O)CN1C(=O)CC(SCCOCCOCCOCCOCCC(=O)NCCCCCN)C1=O)C(=O)CO.Cl.Cl. The second-order valence-electron chi connectivity index (χ2n) is 18.6. The van der Waals surface area contributed by atoms with Crippen LogP contribution in [0.1, 0.15) is 76.7 Å². The van der Waals surface area contributed by atoms with Crippen molar-refractivity contribution in [1.82, 2.24) is 35.3 Å². The summed E-state index contributed by atoms with van der Waals surface area (Å²) >= 11 is 1.27. The second kappa shape index (κ2) is 36.3. The summed E-state index contributed by atoms with van der Waals surface area (Å²) in [6.07, 6.45) is 4.66. The Kier molecular flexibility index (Phi) is 32.1. The highest BCUT2D eigenvalue weighted by Crippen LogP contribution is 2.39. The van der Waals surface area contributed by atoms with Crippen molar-refractivity contribution in [3.05, 3.63) is 77.8 Å². The first-order chi connectivity index (χ1) is 35.5. The van der Waals surface area contributed by atoms with Crippen molar-refractivity contribution in [2.75, 3.05) is 104 Å². The molecule has 1 fully saturated rings. The fourth-order valence-corrected chi connectivity index (χ4v) is 8.91. The molecule has 1 aliphatic heterocycles. The first-order valence-corrected chi connectivity index (χ1v) is 26.1. The third-order valence-corrected chi connectivity index (χ3v) is 12.8. The maximum absolute atomic E-state index is 15.1. The fourth-order valence-electron chi connectivity index (χ4n) is 7.88. The number of nitrogens with zero attached hydrogens (tertiary/aromatic N) is 4. The monoisotopic (exact) mass is 1130 g/mol. The van der Waals surface area contributed by atoms with Gasteiger partial charge in [0.1, 0.15) is 30.6 Å². The molecule has 1 saturated heterocycles. The number of carbonyl (C=O) groups excluding carboxylic acids is 6. The van der Waals surface area contributed by atoms with Gasteiger partial charge in [-0.05, 0) is 55.0 Å². The lowest BCUT2D eigenvalue weighted by molar-refractivity contribution is -0.142. The number of benzene rings is 2. The van der Waals surface area contributed by atoms with Gasteiger partial charge in [0.25, 0.3) is 0 Å². The average molecular weight is 1130 g/mol. The van der Waals surface area contributed by atoms with Gasteiger partial charge in [0.05, 0.1) is 75.9 Å². The molecular weight excluding hydrogens is 1060 g/mol. The molecule has 3 unspecified atom stereocenters. The second-order valence-corrected chi connectivity index (χ2v) is 19.9. The molecule has 8 N–H and O–H groups in total. The van der Waals surface area contributed by atoms with Crippen LogP contribution in [0.3, 0.4) is 0 Å². The Balaban J connectivity index is 0.00000988. The Labute approximate surface area is 460 Å². The fraction of sp³-hybridized carbons (Fsp3) is 0.588. The molecule has 3 aromatic rings. The van der Waals surface area contributed by atoms with Crippen LogP contribution in [0.25, 0.3) is 11.3 Å². The molecule has 0 radical (unpaired) electrons. The third-order valence-electron chi connectivity index (χ3n) is 11.6. The van der Waals surface area contributed by atoms with Crippen molar-refractivity contribution in [2.45, 2.75) is 83.2 Å². The van der Waals surface area contributed by atoms with Crippen LogP contribution in [0.4, 0.5) is 8.78 Å². The van der Waals surface area contributed by atoms with Gasteiger partial charge >= 0.3 is 0 Å². The molecule has 25 heteroatoms. The number of unbranched alkanes of at least 4 members (excludes halogenated alkanes) is 2. The van der Waals surface area contributed by atoms with Crippen molar-refractivity contribution in [1.29, 1.82) is 0 Å². The van der Waals surface area contributed by atoms with Gasteiger partial charge in [-0.3, -0.25) is 33.7 Å². The summed E-state index contributed by atoms with van der Waals surface area (Å²) in [6.45, 7) is 8.47. The first-order valence-electron chi connectivity index (χ1n) is 25.0. The summed E-state index contributed by atoms with van der Waals surface area (Å²) < 4.78 is 53.2. The van der Waals surface area contributed by atoms with Crippen molar-refractivity contribution in [3.8, 4) is 11.3 Å². The van der Waals surface area contributed by atoms with Crippen molar-refractivity contribution in [3.63, 3.8) is 0 Å². The molecule has 0 aliphatic carbocycles. The lowest BCUT2D eigenvalue weighted by atomic mass is 9.84. The Morgan fingerprint density at radius 2 is 1.49 bits per heavy atom. The number of ether oxygens (including phenoxy) is 4. The van der Waals surface area contributed by atoms with Gasteiger partial charge in [-0.25, -0.2) is 13.8 Å². The topological polar surface area (TPSA) is 272 Å². The largest absolute Gasteiger partial charge is 0.387 e. The van der Waals surface area contributed by atoms with Gasteiger partial charge in [0, 0.05) is 63.1 Å². The summed E-state index contributed by atoms with van der Waals surface area (Å²) in [5.74, 6) is -3.39. The van der Waals surface area contributed by atoms with E-state index in [0.29, 0.717) is 83.9 Å². The Hall–Kier alpha value is -4.82. The molecule has 6 amide bonds. The van der Waals surface area contributed by atoms with Crippen molar-refractivity contribution >= 4 is 72.0 Å². The van der Waals surface area contributed by atoms with Crippen LogP contribution in [-0.2, 0) is 54.3 Å². The number of halogens is 4. The van der Waals surface area contributed by atoms with Gasteiger partial charge < -0.3 is 60.9 Å². The van der Waals surface area contributed by atoms with Crippen LogP contribution < -0.4 is 27.4 Å². The Bertz CT molecular complexity index is 2250. The van der Waals surface area contributed by atoms with E-state index in [1.807, 2.05) is 51.1 Å². The lowest BCUT2D eigenvalue weighted by Gasteiger charge is -2.40. The summed E-state index contributed by atoms with van der Waals surface area (Å²) in [5.41, 5.74) is 12.0. The molecule has 76 heavy (non-hydrogen) atoms. The van der Waals surface area contributed by atoms with Crippen molar-refractivity contribution < 1.29 is 61.6 Å². The van der Waals surface area contributed by atoms with Crippen LogP contribution in [-0.4, -0.2) is 176 Å². The molecule has 20 nitrogen and oxygen atoms in total. The molecule has 4 rings (SSSR count). The van der Waals surface area contributed by atoms with E-state index >= 15 is 4.39 Å². The number of aromatic nitrogens is 2. The highest BCUT2D eigenvalue weighted by Gasteiger charge is 2.40. The summed E-state index contributed by atoms with van der Waals surface area (Å²) in [5, 5.41) is 17.6. The molecule has 2 aromatic carbocycles. The first kappa shape index (κ1) is 67.3. The van der Waals surface area contributed by atoms with Gasteiger partial charge in [0.15, 0.2) is 0 Å². The molecule has 2 heterocycles. The number of hydrogen-bond acceptors (Lipinski definition) is 15. The Morgan fingerprint density at radius 1 is 0.855 bits per heavy atom. The van der Waals surface area contributed by atoms with Crippen LogP contribution in [0, 0.1) is 17.0 Å². The molecule has 1 aliphatic rings. The normalized spacial score (nSPS) is 14.2. The molecule has 426 valence electrons. The highest BCUT2D eigenvalue weighted by molar-refractivity contribution is 8.00. The van der Waals surface area contributed by atoms with E-state index in [-0.39, 0.29) is 81.0 Å². The van der Waals surface area contributed by atoms with Crippen LogP contribution in [0.15, 0.2) is 54.7 Å². The zero-order valence-corrected chi connectivity index (χ0v) is 46.1. The summed E-state index contributed by atoms with van der Waals surface area (Å²) in [7, 11) is 0. The minimum atomic E-state index is -1.13. The number of likely N-dealkylation sites (tertiary alicyclic amines) is 1. The minimum Gasteiger partial charge on any atom is -0.387 e. The van der Waals surface area contributed by atoms with Crippen LogP contribution in [0.5, 0.6) is 0 Å². The third kappa shape index (κ3) is 23.4. The zero-order valence-electron chi connectivity index (χ0n) is 43.6. The van der Waals surface area contributed by atoms with Crippen molar-refractivity contribution in [2.24, 2.45) is 16.9 Å². The molecule has 1 aromatic heterocycles. The van der Waals surface area contributed by atoms with E-state index < -0.39 is 77.1 Å². The van der Waals surface area contributed by atoms with Crippen LogP contribution in [0.2, 0.25) is 0 Å². The maximum Gasteiger partial charge on any atom is 0.248 e. The molecule has 0 bridgehead atoms. The quantitative estimate of drug-likeness (QED) is 0.0361. The number of thioether (sulfide) groups is 1. The smallest absolute Gasteiger partial charge is 0.248 e. The molecule has 0 spiro atoms. The zero-order chi connectivity index (χ0) is 53.9. The number of hydrogen-bond donors (Lipinski definition) is 6. The number of aliphatic hydroxyl groups is 1. The summed E-state index contributed by atoms with van der Waals surface area (Å²) in [4.78, 5) is 83.9. The number of imidazole rings is 1. The number of rotatable bonds is 36. The predicted octanol–water partition coefficient (Wildman–Crippen LogP) is 3.14. The number of nitrogens with two attached hydrogens (primary N) is 2. The highest BCUT2D eigenvalue weighted by atomic mass is 35.5. The van der Waals surface area contributed by atoms with Crippen LogP contribution >= 0.6 is 36.6 Å². The number of amides is 6. The van der Waals surface area contributed by atoms with E-state index in [0.717, 1.165) is 47.9 Å². The number of carbonyl (C=O) groups is 6.